The fraction of sp³-hybridized carbons (Fsp3) is 0.667. The standard InChI is InChI=1S/C12H17ClN2O2/c1-8-11(13)10(15(2)14-8)7-12(17)5-3-9(16)4-6-12/h17H,3-7H2,1-2H3. The van der Waals surface area contributed by atoms with E-state index in [1.54, 1.807) is 4.68 Å². The highest BCUT2D eigenvalue weighted by Gasteiger charge is 2.34. The molecule has 1 aromatic rings. The normalized spacial score (nSPS) is 19.6. The molecule has 0 spiro atoms. The zero-order valence-corrected chi connectivity index (χ0v) is 10.9. The van der Waals surface area contributed by atoms with E-state index in [2.05, 4.69) is 5.10 Å². The van der Waals surface area contributed by atoms with E-state index in [1.165, 1.54) is 0 Å². The van der Waals surface area contributed by atoms with Crippen LogP contribution in [0.15, 0.2) is 0 Å². The van der Waals surface area contributed by atoms with Crippen molar-refractivity contribution in [3.8, 4) is 0 Å². The number of carbonyl (C=O) groups excluding carboxylic acids is 1. The van der Waals surface area contributed by atoms with Gasteiger partial charge in [0.1, 0.15) is 5.78 Å². The van der Waals surface area contributed by atoms with Crippen LogP contribution in [0.1, 0.15) is 37.1 Å². The molecule has 2 rings (SSSR count). The van der Waals surface area contributed by atoms with Crippen LogP contribution < -0.4 is 0 Å². The third-order valence-electron chi connectivity index (χ3n) is 3.50. The monoisotopic (exact) mass is 256 g/mol. The second-order valence-electron chi connectivity index (χ2n) is 4.91. The maximum Gasteiger partial charge on any atom is 0.133 e. The highest BCUT2D eigenvalue weighted by atomic mass is 35.5. The van der Waals surface area contributed by atoms with Crippen molar-refractivity contribution in [2.24, 2.45) is 7.05 Å². The molecular formula is C12H17ClN2O2. The summed E-state index contributed by atoms with van der Waals surface area (Å²) < 4.78 is 1.71. The summed E-state index contributed by atoms with van der Waals surface area (Å²) in [5.41, 5.74) is 0.818. The fourth-order valence-electron chi connectivity index (χ4n) is 2.35. The zero-order valence-electron chi connectivity index (χ0n) is 10.2. The quantitative estimate of drug-likeness (QED) is 0.878. The lowest BCUT2D eigenvalue weighted by Gasteiger charge is -2.31. The minimum atomic E-state index is -0.808. The van der Waals surface area contributed by atoms with Gasteiger partial charge in [-0.1, -0.05) is 11.6 Å². The van der Waals surface area contributed by atoms with E-state index in [1.807, 2.05) is 14.0 Å². The van der Waals surface area contributed by atoms with E-state index in [0.29, 0.717) is 37.1 Å². The molecule has 1 N–H and O–H groups in total. The van der Waals surface area contributed by atoms with Crippen LogP contribution in [-0.2, 0) is 18.3 Å². The molecule has 0 atom stereocenters. The van der Waals surface area contributed by atoms with E-state index >= 15 is 0 Å². The van der Waals surface area contributed by atoms with E-state index in [4.69, 9.17) is 11.6 Å². The second kappa shape index (κ2) is 4.42. The van der Waals surface area contributed by atoms with Crippen molar-refractivity contribution >= 4 is 17.4 Å². The van der Waals surface area contributed by atoms with Crippen molar-refractivity contribution < 1.29 is 9.90 Å². The molecule has 0 saturated heterocycles. The van der Waals surface area contributed by atoms with Gasteiger partial charge in [-0.05, 0) is 19.8 Å². The number of halogens is 1. The van der Waals surface area contributed by atoms with Gasteiger partial charge >= 0.3 is 0 Å². The number of hydrogen-bond donors (Lipinski definition) is 1. The Labute approximate surface area is 106 Å². The fourth-order valence-corrected chi connectivity index (χ4v) is 2.58. The molecule has 1 aliphatic rings. The van der Waals surface area contributed by atoms with Crippen molar-refractivity contribution in [1.82, 2.24) is 9.78 Å². The van der Waals surface area contributed by atoms with Crippen molar-refractivity contribution in [3.63, 3.8) is 0 Å². The summed E-state index contributed by atoms with van der Waals surface area (Å²) in [6.45, 7) is 1.85. The number of Topliss-reactive ketones (excluding diaryl/α,β-unsaturated/α-hetero) is 1. The van der Waals surface area contributed by atoms with E-state index in [0.717, 1.165) is 11.4 Å². The van der Waals surface area contributed by atoms with Crippen molar-refractivity contribution in [3.05, 3.63) is 16.4 Å². The predicted molar refractivity (Wildman–Crippen MR) is 65.1 cm³/mol. The molecular weight excluding hydrogens is 240 g/mol. The summed E-state index contributed by atoms with van der Waals surface area (Å²) in [5.74, 6) is 0.238. The van der Waals surface area contributed by atoms with Crippen molar-refractivity contribution in [2.75, 3.05) is 0 Å². The van der Waals surface area contributed by atoms with Gasteiger partial charge < -0.3 is 5.11 Å². The highest BCUT2D eigenvalue weighted by Crippen LogP contribution is 2.32. The SMILES string of the molecule is Cc1nn(C)c(CC2(O)CCC(=O)CC2)c1Cl. The molecule has 5 heteroatoms. The number of aliphatic hydroxyl groups is 1. The van der Waals surface area contributed by atoms with Crippen LogP contribution in [-0.4, -0.2) is 26.3 Å². The van der Waals surface area contributed by atoms with Gasteiger partial charge in [0, 0.05) is 26.3 Å². The van der Waals surface area contributed by atoms with Gasteiger partial charge in [-0.15, -0.1) is 0 Å². The lowest BCUT2D eigenvalue weighted by molar-refractivity contribution is -0.125. The summed E-state index contributed by atoms with van der Waals surface area (Å²) in [6.07, 6.45) is 2.44. The molecule has 0 radical (unpaired) electrons. The average Bonchev–Trinajstić information content (AvgIpc) is 2.50. The molecule has 0 unspecified atom stereocenters. The Bertz CT molecular complexity index is 444. The molecule has 0 bridgehead atoms. The number of aryl methyl sites for hydroxylation is 2. The Morgan fingerprint density at radius 2 is 2.06 bits per heavy atom. The maximum absolute atomic E-state index is 11.2. The van der Waals surface area contributed by atoms with Crippen molar-refractivity contribution in [2.45, 2.75) is 44.6 Å². The lowest BCUT2D eigenvalue weighted by atomic mass is 9.81. The molecule has 1 fully saturated rings. The first-order valence-electron chi connectivity index (χ1n) is 5.83. The lowest BCUT2D eigenvalue weighted by Crippen LogP contribution is -2.37. The Morgan fingerprint density at radius 3 is 2.53 bits per heavy atom. The molecule has 17 heavy (non-hydrogen) atoms. The van der Waals surface area contributed by atoms with Gasteiger partial charge in [-0.3, -0.25) is 9.48 Å². The predicted octanol–water partition coefficient (Wildman–Crippen LogP) is 1.80. The van der Waals surface area contributed by atoms with Gasteiger partial charge in [0.05, 0.1) is 22.0 Å². The average molecular weight is 257 g/mol. The van der Waals surface area contributed by atoms with Crippen LogP contribution in [0.3, 0.4) is 0 Å². The van der Waals surface area contributed by atoms with Crippen LogP contribution in [0.4, 0.5) is 0 Å². The zero-order chi connectivity index (χ0) is 12.6. The number of ketones is 1. The number of rotatable bonds is 2. The number of aromatic nitrogens is 2. The van der Waals surface area contributed by atoms with Crippen molar-refractivity contribution in [1.29, 1.82) is 0 Å². The van der Waals surface area contributed by atoms with Gasteiger partial charge in [-0.2, -0.15) is 5.10 Å². The van der Waals surface area contributed by atoms with E-state index in [-0.39, 0.29) is 5.78 Å². The van der Waals surface area contributed by atoms with Gasteiger partial charge in [0.15, 0.2) is 0 Å². The molecule has 1 aliphatic carbocycles. The highest BCUT2D eigenvalue weighted by molar-refractivity contribution is 6.31. The van der Waals surface area contributed by atoms with Crippen LogP contribution in [0.2, 0.25) is 5.02 Å². The number of carbonyl (C=O) groups is 1. The maximum atomic E-state index is 11.2. The molecule has 0 amide bonds. The first-order valence-corrected chi connectivity index (χ1v) is 6.21. The molecule has 1 heterocycles. The van der Waals surface area contributed by atoms with Crippen LogP contribution in [0, 0.1) is 6.92 Å². The first kappa shape index (κ1) is 12.6. The minimum absolute atomic E-state index is 0.238. The molecule has 94 valence electrons. The van der Waals surface area contributed by atoms with Crippen LogP contribution in [0.25, 0.3) is 0 Å². The van der Waals surface area contributed by atoms with Gasteiger partial charge in [0.25, 0.3) is 0 Å². The Kier molecular flexibility index (Phi) is 3.27. The minimum Gasteiger partial charge on any atom is -0.389 e. The Hall–Kier alpha value is -0.870. The molecule has 1 aromatic heterocycles. The van der Waals surface area contributed by atoms with E-state index < -0.39 is 5.60 Å². The Morgan fingerprint density at radius 1 is 1.47 bits per heavy atom. The first-order chi connectivity index (χ1) is 7.91. The molecule has 0 aromatic carbocycles. The number of nitrogens with zero attached hydrogens (tertiary/aromatic N) is 2. The second-order valence-corrected chi connectivity index (χ2v) is 5.29. The topological polar surface area (TPSA) is 55.1 Å². The summed E-state index contributed by atoms with van der Waals surface area (Å²) in [5, 5.41) is 15.3. The Balaban J connectivity index is 2.17. The third kappa shape index (κ3) is 2.53. The summed E-state index contributed by atoms with van der Waals surface area (Å²) >= 11 is 6.16. The van der Waals surface area contributed by atoms with E-state index in [9.17, 15) is 9.90 Å². The van der Waals surface area contributed by atoms with Crippen LogP contribution in [0.5, 0.6) is 0 Å². The number of hydrogen-bond acceptors (Lipinski definition) is 3. The summed E-state index contributed by atoms with van der Waals surface area (Å²) in [7, 11) is 1.82. The van der Waals surface area contributed by atoms with Gasteiger partial charge in [0.2, 0.25) is 0 Å². The third-order valence-corrected chi connectivity index (χ3v) is 3.99. The summed E-state index contributed by atoms with van der Waals surface area (Å²) in [6, 6.07) is 0. The smallest absolute Gasteiger partial charge is 0.133 e. The largest absolute Gasteiger partial charge is 0.389 e. The molecule has 0 aliphatic heterocycles. The van der Waals surface area contributed by atoms with Gasteiger partial charge in [-0.25, -0.2) is 0 Å². The summed E-state index contributed by atoms with van der Waals surface area (Å²) in [4.78, 5) is 11.2. The molecule has 4 nitrogen and oxygen atoms in total. The molecule has 1 saturated carbocycles. The van der Waals surface area contributed by atoms with Crippen LogP contribution >= 0.6 is 11.6 Å².